The second-order valence-corrected chi connectivity index (χ2v) is 9.34. The van der Waals surface area contributed by atoms with Crippen molar-refractivity contribution in [1.29, 1.82) is 0 Å². The van der Waals surface area contributed by atoms with Gasteiger partial charge in [0.1, 0.15) is 5.75 Å². The molecule has 1 aliphatic rings. The number of sulfone groups is 1. The minimum absolute atomic E-state index is 0.0484. The Balaban J connectivity index is 2.08. The summed E-state index contributed by atoms with van der Waals surface area (Å²) in [4.78, 5) is 3.41. The highest BCUT2D eigenvalue weighted by atomic mass is 32.2. The van der Waals surface area contributed by atoms with Crippen LogP contribution in [0.15, 0.2) is 24.3 Å². The number of ether oxygens (including phenoxy) is 1. The minimum atomic E-state index is -2.95. The lowest BCUT2D eigenvalue weighted by Gasteiger charge is -2.31. The summed E-state index contributed by atoms with van der Waals surface area (Å²) in [5, 5.41) is 3.81. The highest BCUT2D eigenvalue weighted by Crippen LogP contribution is 2.21. The standard InChI is InChI=1S/C17H27N3O3S2/c1-19(2)9-5-10-20(15-8-11-25(21,22)13-15)17(24)18-14-6-4-7-16(12-14)23-3/h4,6-7,12,15H,5,8-11,13H2,1-3H3,(H,18,24)/p+1/t15-/m0/s1. The predicted molar refractivity (Wildman–Crippen MR) is 105 cm³/mol. The van der Waals surface area contributed by atoms with Crippen molar-refractivity contribution in [1.82, 2.24) is 4.90 Å². The molecule has 0 radical (unpaired) electrons. The first kappa shape index (κ1) is 19.9. The van der Waals surface area contributed by atoms with Crippen LogP contribution in [0.4, 0.5) is 5.69 Å². The Kier molecular flexibility index (Phi) is 7.04. The summed E-state index contributed by atoms with van der Waals surface area (Å²) in [6, 6.07) is 7.51. The van der Waals surface area contributed by atoms with Gasteiger partial charge in [-0.3, -0.25) is 0 Å². The summed E-state index contributed by atoms with van der Waals surface area (Å²) in [6.45, 7) is 1.76. The van der Waals surface area contributed by atoms with Gasteiger partial charge >= 0.3 is 0 Å². The third kappa shape index (κ3) is 6.13. The van der Waals surface area contributed by atoms with Crippen LogP contribution < -0.4 is 15.0 Å². The van der Waals surface area contributed by atoms with Gasteiger partial charge in [-0.25, -0.2) is 8.42 Å². The van der Waals surface area contributed by atoms with E-state index < -0.39 is 9.84 Å². The molecule has 1 fully saturated rings. The van der Waals surface area contributed by atoms with Crippen molar-refractivity contribution < 1.29 is 18.1 Å². The lowest BCUT2D eigenvalue weighted by Crippen LogP contribution is -3.05. The summed E-state index contributed by atoms with van der Waals surface area (Å²) < 4.78 is 29.0. The number of nitrogens with zero attached hydrogens (tertiary/aromatic N) is 1. The van der Waals surface area contributed by atoms with Crippen LogP contribution in [-0.2, 0) is 9.84 Å². The Bertz CT molecular complexity index is 692. The van der Waals surface area contributed by atoms with Gasteiger partial charge in [0, 0.05) is 30.8 Å². The largest absolute Gasteiger partial charge is 0.497 e. The molecule has 6 nitrogen and oxygen atoms in total. The monoisotopic (exact) mass is 386 g/mol. The van der Waals surface area contributed by atoms with Crippen molar-refractivity contribution in [3.8, 4) is 5.75 Å². The van der Waals surface area contributed by atoms with Crippen molar-refractivity contribution in [3.63, 3.8) is 0 Å². The molecule has 1 saturated heterocycles. The molecule has 2 N–H and O–H groups in total. The zero-order valence-electron chi connectivity index (χ0n) is 15.1. The zero-order chi connectivity index (χ0) is 18.4. The second kappa shape index (κ2) is 8.82. The molecule has 140 valence electrons. The molecule has 0 spiro atoms. The van der Waals surface area contributed by atoms with Crippen molar-refractivity contribution >= 4 is 32.9 Å². The molecular formula is C17H28N3O3S2+. The van der Waals surface area contributed by atoms with Gasteiger partial charge in [0.05, 0.1) is 39.3 Å². The van der Waals surface area contributed by atoms with Gasteiger partial charge in [-0.15, -0.1) is 0 Å². The summed E-state index contributed by atoms with van der Waals surface area (Å²) in [5.41, 5.74) is 0.841. The van der Waals surface area contributed by atoms with Crippen LogP contribution in [0.25, 0.3) is 0 Å². The molecule has 0 unspecified atom stereocenters. The topological polar surface area (TPSA) is 63.1 Å². The highest BCUT2D eigenvalue weighted by Gasteiger charge is 2.33. The Morgan fingerprint density at radius 1 is 1.44 bits per heavy atom. The molecule has 1 aromatic carbocycles. The Morgan fingerprint density at radius 3 is 2.80 bits per heavy atom. The van der Waals surface area contributed by atoms with Crippen molar-refractivity contribution in [2.45, 2.75) is 18.9 Å². The maximum absolute atomic E-state index is 11.9. The van der Waals surface area contributed by atoms with Crippen molar-refractivity contribution in [2.24, 2.45) is 0 Å². The van der Waals surface area contributed by atoms with Gasteiger partial charge in [-0.05, 0) is 30.8 Å². The zero-order valence-corrected chi connectivity index (χ0v) is 16.8. The second-order valence-electron chi connectivity index (χ2n) is 6.72. The van der Waals surface area contributed by atoms with E-state index >= 15 is 0 Å². The molecule has 0 aliphatic carbocycles. The van der Waals surface area contributed by atoms with Crippen molar-refractivity contribution in [2.75, 3.05) is 51.1 Å². The van der Waals surface area contributed by atoms with Gasteiger partial charge in [0.25, 0.3) is 0 Å². The van der Waals surface area contributed by atoms with Gasteiger partial charge < -0.3 is 19.9 Å². The van der Waals surface area contributed by atoms with E-state index in [4.69, 9.17) is 17.0 Å². The minimum Gasteiger partial charge on any atom is -0.497 e. The van der Waals surface area contributed by atoms with Crippen molar-refractivity contribution in [3.05, 3.63) is 24.3 Å². The Morgan fingerprint density at radius 2 is 2.20 bits per heavy atom. The molecule has 2 rings (SSSR count). The van der Waals surface area contributed by atoms with Crippen LogP contribution in [0, 0.1) is 0 Å². The normalized spacial score (nSPS) is 19.0. The smallest absolute Gasteiger partial charge is 0.173 e. The van der Waals surface area contributed by atoms with E-state index in [-0.39, 0.29) is 17.5 Å². The van der Waals surface area contributed by atoms with E-state index in [0.717, 1.165) is 30.9 Å². The van der Waals surface area contributed by atoms with Gasteiger partial charge in [0.15, 0.2) is 14.9 Å². The SMILES string of the molecule is COc1cccc(NC(=S)N(CCC[NH+](C)C)[C@H]2CCS(=O)(=O)C2)c1. The number of benzene rings is 1. The summed E-state index contributed by atoms with van der Waals surface area (Å²) in [6.07, 6.45) is 1.59. The van der Waals surface area contributed by atoms with Gasteiger partial charge in [0.2, 0.25) is 0 Å². The maximum Gasteiger partial charge on any atom is 0.173 e. The number of anilines is 1. The fourth-order valence-electron chi connectivity index (χ4n) is 2.97. The summed E-state index contributed by atoms with van der Waals surface area (Å²) in [7, 11) is 2.89. The number of methoxy groups -OCH3 is 1. The quantitative estimate of drug-likeness (QED) is 0.662. The Hall–Kier alpha value is -1.38. The van der Waals surface area contributed by atoms with E-state index in [2.05, 4.69) is 19.4 Å². The van der Waals surface area contributed by atoms with E-state index in [1.165, 1.54) is 4.90 Å². The summed E-state index contributed by atoms with van der Waals surface area (Å²) in [5.74, 6) is 1.18. The molecule has 0 aromatic heterocycles. The number of hydrogen-bond donors (Lipinski definition) is 2. The molecule has 1 aromatic rings. The average molecular weight is 387 g/mol. The average Bonchev–Trinajstić information content (AvgIpc) is 2.91. The third-order valence-corrected chi connectivity index (χ3v) is 6.39. The molecule has 0 bridgehead atoms. The number of thiocarbonyl (C=S) groups is 1. The Labute approximate surface area is 156 Å². The fourth-order valence-corrected chi connectivity index (χ4v) is 5.06. The van der Waals surface area contributed by atoms with Crippen LogP contribution in [0.1, 0.15) is 12.8 Å². The van der Waals surface area contributed by atoms with Crippen LogP contribution in [-0.4, -0.2) is 70.3 Å². The van der Waals surface area contributed by atoms with Crippen LogP contribution in [0.5, 0.6) is 5.75 Å². The van der Waals surface area contributed by atoms with Crippen LogP contribution >= 0.6 is 12.2 Å². The maximum atomic E-state index is 11.9. The first-order valence-corrected chi connectivity index (χ1v) is 10.7. The molecule has 25 heavy (non-hydrogen) atoms. The molecular weight excluding hydrogens is 358 g/mol. The van der Waals surface area contributed by atoms with E-state index in [0.29, 0.717) is 11.5 Å². The number of quaternary nitrogens is 1. The number of rotatable bonds is 7. The molecule has 1 aliphatic heterocycles. The first-order valence-electron chi connectivity index (χ1n) is 8.52. The fraction of sp³-hybridized carbons (Fsp3) is 0.588. The lowest BCUT2D eigenvalue weighted by atomic mass is 10.2. The number of nitrogens with one attached hydrogen (secondary N) is 2. The van der Waals surface area contributed by atoms with Crippen LogP contribution in [0.2, 0.25) is 0 Å². The summed E-state index contributed by atoms with van der Waals surface area (Å²) >= 11 is 5.60. The molecule has 0 saturated carbocycles. The van der Waals surface area contributed by atoms with Gasteiger partial charge in [-0.1, -0.05) is 6.07 Å². The van der Waals surface area contributed by atoms with Crippen LogP contribution in [0.3, 0.4) is 0 Å². The van der Waals surface area contributed by atoms with E-state index in [9.17, 15) is 8.42 Å². The molecule has 1 heterocycles. The molecule has 1 atom stereocenters. The van der Waals surface area contributed by atoms with E-state index in [1.807, 2.05) is 29.2 Å². The lowest BCUT2D eigenvalue weighted by molar-refractivity contribution is -0.858. The van der Waals surface area contributed by atoms with Gasteiger partial charge in [-0.2, -0.15) is 0 Å². The molecule has 8 heteroatoms. The molecule has 0 amide bonds. The third-order valence-electron chi connectivity index (χ3n) is 4.31. The highest BCUT2D eigenvalue weighted by molar-refractivity contribution is 7.91. The van der Waals surface area contributed by atoms with E-state index in [1.54, 1.807) is 7.11 Å². The first-order chi connectivity index (χ1) is 11.8. The predicted octanol–water partition coefficient (Wildman–Crippen LogP) is 0.416. The number of hydrogen-bond acceptors (Lipinski definition) is 4.